The Balaban J connectivity index is 0.854. The Bertz CT molecular complexity index is 3580. The molecule has 18 nitrogen and oxygen atoms in total. The Morgan fingerprint density at radius 3 is 2.51 bits per heavy atom. The molecule has 79 heavy (non-hydrogen) atoms. The van der Waals surface area contributed by atoms with Crippen molar-refractivity contribution in [2.45, 2.75) is 102 Å². The minimum Gasteiger partial charge on any atom is -0.489 e. The molecule has 23 heteroatoms. The quantitative estimate of drug-likeness (QED) is 0.0542. The molecule has 4 N–H and O–H groups in total. The van der Waals surface area contributed by atoms with Gasteiger partial charge in [-0.1, -0.05) is 25.1 Å². The molecule has 4 aliphatic heterocycles. The van der Waals surface area contributed by atoms with Crippen molar-refractivity contribution in [1.29, 1.82) is 0 Å². The molecule has 2 aromatic carbocycles. The summed E-state index contributed by atoms with van der Waals surface area (Å²) in [5.74, 6) is -1.97. The Labute approximate surface area is 456 Å². The molecule has 2 saturated heterocycles. The van der Waals surface area contributed by atoms with Crippen molar-refractivity contribution in [2.75, 3.05) is 70.2 Å². The second kappa shape index (κ2) is 20.6. The van der Waals surface area contributed by atoms with E-state index in [0.717, 1.165) is 54.8 Å². The highest BCUT2D eigenvalue weighted by Gasteiger charge is 2.46. The highest BCUT2D eigenvalue weighted by atomic mass is 35.5. The molecule has 1 amide bonds. The van der Waals surface area contributed by atoms with Crippen LogP contribution in [0.2, 0.25) is 5.02 Å². The van der Waals surface area contributed by atoms with E-state index < -0.39 is 46.4 Å². The first-order valence-electron chi connectivity index (χ1n) is 26.4. The van der Waals surface area contributed by atoms with Crippen LogP contribution in [0.3, 0.4) is 0 Å². The van der Waals surface area contributed by atoms with Crippen LogP contribution < -0.4 is 25.7 Å². The summed E-state index contributed by atoms with van der Waals surface area (Å²) < 4.78 is 80.1. The minimum atomic E-state index is -4.93. The van der Waals surface area contributed by atoms with Gasteiger partial charge >= 0.3 is 18.2 Å². The van der Waals surface area contributed by atoms with Gasteiger partial charge in [0.15, 0.2) is 11.4 Å². The van der Waals surface area contributed by atoms with Gasteiger partial charge in [-0.15, -0.1) is 0 Å². The molecule has 0 spiro atoms. The maximum absolute atomic E-state index is 17.1. The summed E-state index contributed by atoms with van der Waals surface area (Å²) in [5, 5.41) is 22.0. The largest absolute Gasteiger partial charge is 0.489 e. The van der Waals surface area contributed by atoms with E-state index >= 15 is 4.39 Å². The molecule has 3 atom stereocenters. The molecule has 3 fully saturated rings. The Morgan fingerprint density at radius 1 is 1.03 bits per heavy atom. The molecule has 6 aromatic rings. The number of likely N-dealkylation sites (tertiary alicyclic amines) is 1. The van der Waals surface area contributed by atoms with E-state index in [1.807, 2.05) is 24.9 Å². The van der Waals surface area contributed by atoms with Gasteiger partial charge in [-0.05, 0) is 107 Å². The number of cyclic esters (lactones) is 1. The molecule has 0 radical (unpaired) electrons. The zero-order chi connectivity index (χ0) is 56.0. The van der Waals surface area contributed by atoms with Gasteiger partial charge < -0.3 is 49.4 Å². The van der Waals surface area contributed by atoms with Gasteiger partial charge in [-0.25, -0.2) is 19.2 Å². The fraction of sp³-hybridized carbons (Fsp3) is 0.446. The van der Waals surface area contributed by atoms with Crippen LogP contribution in [0.15, 0.2) is 53.3 Å². The maximum Gasteiger partial charge on any atom is 0.418 e. The summed E-state index contributed by atoms with van der Waals surface area (Å²) in [7, 11) is 1.96. The number of carbonyl (C=O) groups excluding carboxylic acids is 2. The smallest absolute Gasteiger partial charge is 0.418 e. The van der Waals surface area contributed by atoms with Crippen LogP contribution in [0, 0.1) is 12.7 Å². The maximum atomic E-state index is 17.1. The molecule has 11 rings (SSSR count). The van der Waals surface area contributed by atoms with Gasteiger partial charge in [0.25, 0.3) is 11.5 Å². The number of pyridine rings is 3. The lowest BCUT2D eigenvalue weighted by Gasteiger charge is -2.41. The number of fused-ring (bicyclic) bond motifs is 6. The van der Waals surface area contributed by atoms with Gasteiger partial charge in [0.05, 0.1) is 57.5 Å². The first-order chi connectivity index (χ1) is 37.7. The molecule has 1 saturated carbocycles. The number of ether oxygens (including phenoxy) is 3. The molecule has 1 aliphatic carbocycles. The number of hydrogen-bond donors (Lipinski definition) is 3. The molecule has 8 heterocycles. The summed E-state index contributed by atoms with van der Waals surface area (Å²) in [6.45, 7) is 10.9. The molecule has 416 valence electrons. The van der Waals surface area contributed by atoms with Crippen molar-refractivity contribution < 1.29 is 51.6 Å². The molecule has 5 aliphatic rings. The van der Waals surface area contributed by atoms with Crippen molar-refractivity contribution >= 4 is 56.9 Å². The number of benzene rings is 2. The normalized spacial score (nSPS) is 20.2. The molecule has 0 bridgehead atoms. The van der Waals surface area contributed by atoms with Gasteiger partial charge in [0.2, 0.25) is 0 Å². The highest BCUT2D eigenvalue weighted by molar-refractivity contribution is 6.34. The number of nitrogens with zero attached hydrogens (tertiary/aromatic N) is 9. The number of carbonyl (C=O) groups is 2. The number of aromatic nitrogens is 5. The topological polar surface area (TPSA) is 215 Å². The van der Waals surface area contributed by atoms with Gasteiger partial charge in [0, 0.05) is 78.3 Å². The number of hydrogen-bond acceptors (Lipinski definition) is 16. The Hall–Kier alpha value is -6.98. The molecular weight excluding hydrogens is 1050 g/mol. The summed E-state index contributed by atoms with van der Waals surface area (Å²) in [6.07, 6.45) is -1.18. The number of anilines is 2. The minimum absolute atomic E-state index is 0.00588. The zero-order valence-corrected chi connectivity index (χ0v) is 44.8. The van der Waals surface area contributed by atoms with Gasteiger partial charge in [0.1, 0.15) is 42.7 Å². The molecular formula is C56H59ClF4N10O8. The monoisotopic (exact) mass is 1110 g/mol. The number of aliphatic hydroxyl groups excluding tert-OH is 1. The predicted octanol–water partition coefficient (Wildman–Crippen LogP) is 6.89. The fourth-order valence-corrected chi connectivity index (χ4v) is 12.0. The number of aliphatic hydroxyl groups is 2. The summed E-state index contributed by atoms with van der Waals surface area (Å²) in [5.41, 5.74) is 4.23. The lowest BCUT2D eigenvalue weighted by atomic mass is 9.86. The van der Waals surface area contributed by atoms with Crippen molar-refractivity contribution in [3.8, 4) is 34.4 Å². The van der Waals surface area contributed by atoms with Gasteiger partial charge in [-0.2, -0.15) is 23.1 Å². The third-order valence-corrected chi connectivity index (χ3v) is 16.5. The fourth-order valence-electron chi connectivity index (χ4n) is 11.7. The second-order valence-corrected chi connectivity index (χ2v) is 21.7. The third-order valence-electron chi connectivity index (χ3n) is 16.2. The SMILES string of the molecule is C=C(COc1ccc2nc3c(c(CN(CCO)C4CC4)c2c1)Cn1c-3cc2c(c1=O)COC(=O)C2(O)CC)C(=O)N1CCN(c2nc(OCC3CCCN3C)nc3c(F)c(-c4nc(N)cc(C)c4C(F)(F)F)c(Cl)cc23)C(C)C1. The predicted molar refractivity (Wildman–Crippen MR) is 286 cm³/mol. The van der Waals surface area contributed by atoms with Crippen molar-refractivity contribution in [2.24, 2.45) is 0 Å². The third kappa shape index (κ3) is 9.67. The number of alkyl halides is 3. The number of amides is 1. The van der Waals surface area contributed by atoms with Crippen LogP contribution in [0.25, 0.3) is 44.5 Å². The van der Waals surface area contributed by atoms with Crippen molar-refractivity contribution in [3.63, 3.8) is 0 Å². The number of nitrogen functional groups attached to an aromatic ring is 1. The highest BCUT2D eigenvalue weighted by Crippen LogP contribution is 2.46. The lowest BCUT2D eigenvalue weighted by Crippen LogP contribution is -2.54. The van der Waals surface area contributed by atoms with E-state index in [0.29, 0.717) is 35.7 Å². The first-order valence-corrected chi connectivity index (χ1v) is 26.8. The van der Waals surface area contributed by atoms with E-state index in [9.17, 15) is 37.8 Å². The number of esters is 1. The summed E-state index contributed by atoms with van der Waals surface area (Å²) in [6, 6.07) is 9.07. The zero-order valence-electron chi connectivity index (χ0n) is 44.1. The molecule has 4 aromatic heterocycles. The number of aryl methyl sites for hydroxylation is 1. The van der Waals surface area contributed by atoms with Gasteiger partial charge in [-0.3, -0.25) is 14.5 Å². The lowest BCUT2D eigenvalue weighted by molar-refractivity contribution is -0.172. The summed E-state index contributed by atoms with van der Waals surface area (Å²) >= 11 is 6.74. The van der Waals surface area contributed by atoms with E-state index in [1.54, 1.807) is 34.6 Å². The number of piperazine rings is 1. The first kappa shape index (κ1) is 54.0. The average Bonchev–Trinajstić information content (AvgIpc) is 3.92. The molecule has 3 unspecified atom stereocenters. The van der Waals surface area contributed by atoms with Crippen LogP contribution in [-0.2, 0) is 45.8 Å². The van der Waals surface area contributed by atoms with Crippen LogP contribution in [0.4, 0.5) is 29.2 Å². The van der Waals surface area contributed by atoms with E-state index in [4.69, 9.17) is 41.5 Å². The van der Waals surface area contributed by atoms with E-state index in [2.05, 4.69) is 26.3 Å². The number of nitrogens with two attached hydrogens (primary N) is 1. The Kier molecular flexibility index (Phi) is 14.1. The van der Waals surface area contributed by atoms with Crippen molar-refractivity contribution in [1.82, 2.24) is 39.2 Å². The number of halogens is 5. The van der Waals surface area contributed by atoms with Crippen LogP contribution in [0.5, 0.6) is 11.8 Å². The second-order valence-electron chi connectivity index (χ2n) is 21.3. The van der Waals surface area contributed by atoms with Crippen molar-refractivity contribution in [3.05, 3.63) is 103 Å². The number of rotatable bonds is 15. The standard InChI is InChI=1S/C56H59ClF4N10O8/c1-6-55(76)39-21-42-47-37(24-71(42)52(74)38(39)27-78-53(55)75)36(23-68(16-17-72)31-9-10-31)34-19-33(11-12-41(34)63-47)77-25-29(3)51(73)69-14-15-70(30(4)22-69)50-35-20-40(57)44(49-45(56(59,60)61)28(2)18-43(62)64-49)46(58)48(35)65-54(66-50)79-26-32-8-7-13-67(32)5/h11-12,18-21,30-32,72,76H,3,6-10,13-17,22-27H2,1-2,4-5H3,(H2,62,64). The van der Waals surface area contributed by atoms with Crippen LogP contribution in [0.1, 0.15) is 79.3 Å². The number of likely N-dealkylation sites (N-methyl/N-ethyl adjacent to an activating group) is 1. The summed E-state index contributed by atoms with van der Waals surface area (Å²) in [4.78, 5) is 67.2. The van der Waals surface area contributed by atoms with Crippen LogP contribution >= 0.6 is 11.6 Å². The average molecular weight is 1110 g/mol. The van der Waals surface area contributed by atoms with E-state index in [-0.39, 0.29) is 138 Å². The van der Waals surface area contributed by atoms with Crippen LogP contribution in [-0.4, -0.2) is 139 Å². The van der Waals surface area contributed by atoms with E-state index in [1.165, 1.54) is 13.0 Å². The Morgan fingerprint density at radius 2 is 1.81 bits per heavy atom.